The Kier molecular flexibility index (Phi) is 5.25. The van der Waals surface area contributed by atoms with Crippen LogP contribution < -0.4 is 10.6 Å². The van der Waals surface area contributed by atoms with E-state index in [4.69, 9.17) is 16.3 Å². The molecule has 1 aliphatic rings. The second kappa shape index (κ2) is 7.57. The van der Waals surface area contributed by atoms with Crippen LogP contribution in [-0.4, -0.2) is 41.8 Å². The number of nitrogens with one attached hydrogen (secondary N) is 2. The molecule has 0 bridgehead atoms. The van der Waals surface area contributed by atoms with Gasteiger partial charge in [0, 0.05) is 32.0 Å². The molecule has 6 nitrogen and oxygen atoms in total. The Morgan fingerprint density at radius 1 is 1.30 bits per heavy atom. The number of ether oxygens (including phenoxy) is 1. The van der Waals surface area contributed by atoms with Gasteiger partial charge < -0.3 is 15.4 Å². The minimum Gasteiger partial charge on any atom is -0.381 e. The first kappa shape index (κ1) is 16.0. The van der Waals surface area contributed by atoms with Gasteiger partial charge in [-0.3, -0.25) is 4.98 Å². The molecular weight excluding hydrogens is 314 g/mol. The largest absolute Gasteiger partial charge is 0.381 e. The number of hydrogen-bond acceptors (Lipinski definition) is 6. The molecule has 122 valence electrons. The minimum atomic E-state index is 0.523. The highest BCUT2D eigenvalue weighted by Gasteiger charge is 2.14. The number of hydrogen-bond donors (Lipinski definition) is 2. The molecule has 2 aromatic heterocycles. The number of rotatable bonds is 5. The van der Waals surface area contributed by atoms with Crippen molar-refractivity contribution in [1.82, 2.24) is 15.0 Å². The van der Waals surface area contributed by atoms with Gasteiger partial charge in [0.1, 0.15) is 11.6 Å². The van der Waals surface area contributed by atoms with E-state index in [1.165, 1.54) is 6.42 Å². The third-order valence-electron chi connectivity index (χ3n) is 3.85. The predicted octanol–water partition coefficient (Wildman–Crippen LogP) is 3.07. The molecule has 3 heterocycles. The molecule has 0 saturated carbocycles. The van der Waals surface area contributed by atoms with E-state index in [2.05, 4.69) is 25.6 Å². The van der Waals surface area contributed by atoms with Crippen molar-refractivity contribution in [2.24, 2.45) is 5.92 Å². The van der Waals surface area contributed by atoms with Crippen molar-refractivity contribution in [2.75, 3.05) is 37.4 Å². The van der Waals surface area contributed by atoms with Crippen LogP contribution in [0.4, 0.5) is 11.6 Å². The Morgan fingerprint density at radius 2 is 2.22 bits per heavy atom. The van der Waals surface area contributed by atoms with E-state index in [0.29, 0.717) is 10.9 Å². The normalized spacial score (nSPS) is 17.7. The molecule has 1 fully saturated rings. The topological polar surface area (TPSA) is 72.0 Å². The lowest BCUT2D eigenvalue weighted by Gasteiger charge is -2.22. The fourth-order valence-electron chi connectivity index (χ4n) is 2.57. The van der Waals surface area contributed by atoms with Crippen LogP contribution in [-0.2, 0) is 4.74 Å². The summed E-state index contributed by atoms with van der Waals surface area (Å²) < 4.78 is 5.50. The van der Waals surface area contributed by atoms with Crippen molar-refractivity contribution >= 4 is 23.2 Å². The summed E-state index contributed by atoms with van der Waals surface area (Å²) in [6, 6.07) is 1.87. The highest BCUT2D eigenvalue weighted by atomic mass is 35.5. The van der Waals surface area contributed by atoms with Crippen LogP contribution in [0.2, 0.25) is 5.02 Å². The first-order valence-corrected chi connectivity index (χ1v) is 8.11. The van der Waals surface area contributed by atoms with Crippen molar-refractivity contribution in [3.63, 3.8) is 0 Å². The minimum absolute atomic E-state index is 0.523. The zero-order valence-corrected chi connectivity index (χ0v) is 13.8. The molecule has 0 amide bonds. The van der Waals surface area contributed by atoms with Crippen molar-refractivity contribution in [3.05, 3.63) is 29.7 Å². The van der Waals surface area contributed by atoms with Gasteiger partial charge in [0.25, 0.3) is 0 Å². The maximum Gasteiger partial charge on any atom is 0.145 e. The Balaban J connectivity index is 1.74. The van der Waals surface area contributed by atoms with E-state index in [1.54, 1.807) is 18.6 Å². The Hall–Kier alpha value is -1.92. The van der Waals surface area contributed by atoms with Gasteiger partial charge in [-0.15, -0.1) is 0 Å². The molecular formula is C16H20ClN5O. The van der Waals surface area contributed by atoms with Crippen LogP contribution >= 0.6 is 11.6 Å². The SMILES string of the molecule is CNc1cc(-c2cncc(NCC3CCCOC3)n2)c(Cl)cn1. The first-order valence-electron chi connectivity index (χ1n) is 7.73. The standard InChI is InChI=1S/C16H20ClN5O/c1-18-15-5-12(13(17)7-21-15)14-8-19-9-16(22-14)20-6-11-3-2-4-23-10-11/h5,7-9,11H,2-4,6,10H2,1H3,(H,18,21)(H,20,22). The highest BCUT2D eigenvalue weighted by Crippen LogP contribution is 2.28. The van der Waals surface area contributed by atoms with Crippen LogP contribution in [0.25, 0.3) is 11.3 Å². The van der Waals surface area contributed by atoms with Crippen molar-refractivity contribution in [2.45, 2.75) is 12.8 Å². The fourth-order valence-corrected chi connectivity index (χ4v) is 2.77. The molecule has 0 radical (unpaired) electrons. The summed E-state index contributed by atoms with van der Waals surface area (Å²) in [5, 5.41) is 6.90. The summed E-state index contributed by atoms with van der Waals surface area (Å²) >= 11 is 6.24. The number of halogens is 1. The molecule has 23 heavy (non-hydrogen) atoms. The molecule has 3 rings (SSSR count). The lowest BCUT2D eigenvalue weighted by Crippen LogP contribution is -2.24. The highest BCUT2D eigenvalue weighted by molar-refractivity contribution is 6.33. The molecule has 1 aliphatic heterocycles. The van der Waals surface area contributed by atoms with Gasteiger partial charge in [-0.05, 0) is 24.8 Å². The molecule has 1 atom stereocenters. The summed E-state index contributed by atoms with van der Waals surface area (Å²) in [6.45, 7) is 2.52. The Labute approximate surface area is 140 Å². The summed E-state index contributed by atoms with van der Waals surface area (Å²) in [6.07, 6.45) is 7.35. The van der Waals surface area contributed by atoms with Gasteiger partial charge in [-0.25, -0.2) is 9.97 Å². The van der Waals surface area contributed by atoms with E-state index in [1.807, 2.05) is 13.1 Å². The number of nitrogens with zero attached hydrogens (tertiary/aromatic N) is 3. The van der Waals surface area contributed by atoms with Gasteiger partial charge in [0.2, 0.25) is 0 Å². The van der Waals surface area contributed by atoms with Gasteiger partial charge in [0.05, 0.1) is 29.7 Å². The quantitative estimate of drug-likeness (QED) is 0.876. The maximum absolute atomic E-state index is 6.24. The predicted molar refractivity (Wildman–Crippen MR) is 91.9 cm³/mol. The van der Waals surface area contributed by atoms with E-state index >= 15 is 0 Å². The summed E-state index contributed by atoms with van der Waals surface area (Å²) in [5.41, 5.74) is 1.53. The van der Waals surface area contributed by atoms with Crippen molar-refractivity contribution < 1.29 is 4.74 Å². The molecule has 0 aromatic carbocycles. The lowest BCUT2D eigenvalue weighted by atomic mass is 10.0. The zero-order valence-electron chi connectivity index (χ0n) is 13.1. The van der Waals surface area contributed by atoms with Gasteiger partial charge >= 0.3 is 0 Å². The van der Waals surface area contributed by atoms with Crippen molar-refractivity contribution in [1.29, 1.82) is 0 Å². The smallest absolute Gasteiger partial charge is 0.145 e. The molecule has 1 saturated heterocycles. The van der Waals surface area contributed by atoms with Crippen LogP contribution in [0.5, 0.6) is 0 Å². The fraction of sp³-hybridized carbons (Fsp3) is 0.438. The van der Waals surface area contributed by atoms with E-state index in [0.717, 1.165) is 49.1 Å². The molecule has 1 unspecified atom stereocenters. The number of anilines is 2. The average Bonchev–Trinajstić information content (AvgIpc) is 2.61. The summed E-state index contributed by atoms with van der Waals surface area (Å²) in [4.78, 5) is 13.1. The second-order valence-corrected chi connectivity index (χ2v) is 5.96. The summed E-state index contributed by atoms with van der Waals surface area (Å²) in [5.74, 6) is 2.01. The van der Waals surface area contributed by atoms with E-state index in [9.17, 15) is 0 Å². The maximum atomic E-state index is 6.24. The molecule has 0 spiro atoms. The van der Waals surface area contributed by atoms with Crippen LogP contribution in [0.15, 0.2) is 24.7 Å². The van der Waals surface area contributed by atoms with Gasteiger partial charge in [-0.1, -0.05) is 11.6 Å². The van der Waals surface area contributed by atoms with Crippen molar-refractivity contribution in [3.8, 4) is 11.3 Å². The third-order valence-corrected chi connectivity index (χ3v) is 4.15. The van der Waals surface area contributed by atoms with E-state index < -0.39 is 0 Å². The summed E-state index contributed by atoms with van der Waals surface area (Å²) in [7, 11) is 1.82. The van der Waals surface area contributed by atoms with Crippen LogP contribution in [0.3, 0.4) is 0 Å². The molecule has 7 heteroatoms. The molecule has 2 aromatic rings. The van der Waals surface area contributed by atoms with Crippen LogP contribution in [0, 0.1) is 5.92 Å². The first-order chi connectivity index (χ1) is 11.3. The Morgan fingerprint density at radius 3 is 3.00 bits per heavy atom. The van der Waals surface area contributed by atoms with Gasteiger partial charge in [-0.2, -0.15) is 0 Å². The monoisotopic (exact) mass is 333 g/mol. The van der Waals surface area contributed by atoms with Crippen LogP contribution in [0.1, 0.15) is 12.8 Å². The molecule has 0 aliphatic carbocycles. The zero-order chi connectivity index (χ0) is 16.1. The number of aromatic nitrogens is 3. The second-order valence-electron chi connectivity index (χ2n) is 5.55. The van der Waals surface area contributed by atoms with Gasteiger partial charge in [0.15, 0.2) is 0 Å². The average molecular weight is 334 g/mol. The van der Waals surface area contributed by atoms with E-state index in [-0.39, 0.29) is 0 Å². The third kappa shape index (κ3) is 4.09. The lowest BCUT2D eigenvalue weighted by molar-refractivity contribution is 0.0595. The number of pyridine rings is 1. The molecule has 2 N–H and O–H groups in total. The Bertz CT molecular complexity index is 661.